The van der Waals surface area contributed by atoms with Crippen LogP contribution in [-0.2, 0) is 17.1 Å². The lowest BCUT2D eigenvalue weighted by Crippen LogP contribution is -2.22. The Morgan fingerprint density at radius 2 is 1.60 bits per heavy atom. The number of hydrogen-bond acceptors (Lipinski definition) is 2. The molecule has 0 spiro atoms. The highest BCUT2D eigenvalue weighted by Gasteiger charge is 2.47. The Bertz CT molecular complexity index is 552. The molecule has 10 heteroatoms. The lowest BCUT2D eigenvalue weighted by molar-refractivity contribution is -0.162. The van der Waals surface area contributed by atoms with E-state index < -0.39 is 45.2 Å². The maximum Gasteiger partial charge on any atom is 0.419 e. The summed E-state index contributed by atoms with van der Waals surface area (Å²) in [5.41, 5.74) is -0.452. The van der Waals surface area contributed by atoms with Crippen LogP contribution in [0, 0.1) is 0 Å². The van der Waals surface area contributed by atoms with Crippen molar-refractivity contribution in [2.24, 2.45) is 0 Å². The second-order valence-electron chi connectivity index (χ2n) is 3.75. The molecule has 1 rings (SSSR count). The van der Waals surface area contributed by atoms with Gasteiger partial charge in [-0.15, -0.1) is 0 Å². The molecule has 112 valence electrons. The highest BCUT2D eigenvalue weighted by molar-refractivity contribution is 9.10. The monoisotopic (exact) mass is 364 g/mol. The van der Waals surface area contributed by atoms with E-state index in [1.165, 1.54) is 0 Å². The molecule has 0 aliphatic heterocycles. The molecule has 0 aliphatic rings. The number of anilines is 2. The van der Waals surface area contributed by atoms with Crippen LogP contribution in [0.2, 0.25) is 0 Å². The molecule has 20 heavy (non-hydrogen) atoms. The standard InChI is InChI=1S/C10H7BrF6N2O/c1-3(20)19-8-5(18)2-4(11)6(9(12,13)14)7(8)10(15,16)17/h2H,18H2,1H3,(H,19,20). The molecule has 0 radical (unpaired) electrons. The minimum Gasteiger partial charge on any atom is -0.397 e. The highest BCUT2D eigenvalue weighted by atomic mass is 79.9. The van der Waals surface area contributed by atoms with Crippen LogP contribution in [0.1, 0.15) is 18.1 Å². The maximum absolute atomic E-state index is 12.9. The first-order valence-corrected chi connectivity index (χ1v) is 5.69. The van der Waals surface area contributed by atoms with Gasteiger partial charge in [-0.1, -0.05) is 15.9 Å². The number of nitrogens with two attached hydrogens (primary N) is 1. The fraction of sp³-hybridized carbons (Fsp3) is 0.300. The van der Waals surface area contributed by atoms with Gasteiger partial charge >= 0.3 is 12.4 Å². The smallest absolute Gasteiger partial charge is 0.397 e. The molecule has 0 heterocycles. The van der Waals surface area contributed by atoms with Gasteiger partial charge in [0, 0.05) is 11.4 Å². The number of benzene rings is 1. The van der Waals surface area contributed by atoms with Gasteiger partial charge in [-0.2, -0.15) is 26.3 Å². The molecule has 0 fully saturated rings. The van der Waals surface area contributed by atoms with Crippen molar-refractivity contribution in [2.75, 3.05) is 11.1 Å². The quantitative estimate of drug-likeness (QED) is 0.583. The van der Waals surface area contributed by atoms with Gasteiger partial charge in [0.15, 0.2) is 0 Å². The number of nitrogens with one attached hydrogen (secondary N) is 1. The Labute approximate surface area is 117 Å². The van der Waals surface area contributed by atoms with E-state index in [-0.39, 0.29) is 0 Å². The van der Waals surface area contributed by atoms with E-state index >= 15 is 0 Å². The van der Waals surface area contributed by atoms with E-state index in [2.05, 4.69) is 15.9 Å². The fourth-order valence-corrected chi connectivity index (χ4v) is 2.21. The van der Waals surface area contributed by atoms with Gasteiger partial charge in [-0.05, 0) is 6.07 Å². The SMILES string of the molecule is CC(=O)Nc1c(N)cc(Br)c(C(F)(F)F)c1C(F)(F)F. The van der Waals surface area contributed by atoms with Gasteiger partial charge in [0.1, 0.15) is 0 Å². The molecule has 0 aromatic heterocycles. The minimum atomic E-state index is -5.35. The number of amides is 1. The summed E-state index contributed by atoms with van der Waals surface area (Å²) in [5.74, 6) is -0.974. The van der Waals surface area contributed by atoms with E-state index in [9.17, 15) is 31.1 Å². The van der Waals surface area contributed by atoms with E-state index in [0.29, 0.717) is 6.07 Å². The third-order valence-corrected chi connectivity index (χ3v) is 2.80. The van der Waals surface area contributed by atoms with Crippen molar-refractivity contribution in [1.82, 2.24) is 0 Å². The molecule has 3 N–H and O–H groups in total. The van der Waals surface area contributed by atoms with E-state index in [0.717, 1.165) is 6.92 Å². The topological polar surface area (TPSA) is 55.1 Å². The number of rotatable bonds is 1. The van der Waals surface area contributed by atoms with Gasteiger partial charge < -0.3 is 11.1 Å². The number of halogens is 7. The van der Waals surface area contributed by atoms with E-state index in [1.54, 1.807) is 5.32 Å². The zero-order chi connectivity index (χ0) is 15.9. The number of nitrogen functional groups attached to an aromatic ring is 1. The zero-order valence-corrected chi connectivity index (χ0v) is 11.3. The van der Waals surface area contributed by atoms with Crippen LogP contribution < -0.4 is 11.1 Å². The summed E-state index contributed by atoms with van der Waals surface area (Å²) in [7, 11) is 0. The van der Waals surface area contributed by atoms with Crippen molar-refractivity contribution < 1.29 is 31.1 Å². The van der Waals surface area contributed by atoms with Crippen LogP contribution in [0.15, 0.2) is 10.5 Å². The molecule has 0 saturated carbocycles. The van der Waals surface area contributed by atoms with Crippen LogP contribution in [0.3, 0.4) is 0 Å². The van der Waals surface area contributed by atoms with Gasteiger partial charge in [0.25, 0.3) is 0 Å². The molecule has 1 aromatic rings. The van der Waals surface area contributed by atoms with Crippen molar-refractivity contribution in [3.05, 3.63) is 21.7 Å². The van der Waals surface area contributed by atoms with Gasteiger partial charge in [-0.3, -0.25) is 4.79 Å². The summed E-state index contributed by atoms with van der Waals surface area (Å²) in [5, 5.41) is 1.68. The molecule has 1 amide bonds. The van der Waals surface area contributed by atoms with Crippen molar-refractivity contribution in [3.8, 4) is 0 Å². The minimum absolute atomic E-state index is 0.632. The average Bonchev–Trinajstić information content (AvgIpc) is 2.17. The number of hydrogen-bond donors (Lipinski definition) is 2. The fourth-order valence-electron chi connectivity index (χ4n) is 1.54. The van der Waals surface area contributed by atoms with Crippen molar-refractivity contribution >= 4 is 33.2 Å². The summed E-state index contributed by atoms with van der Waals surface area (Å²) >= 11 is 2.41. The molecule has 0 saturated heterocycles. The van der Waals surface area contributed by atoms with Gasteiger partial charge in [-0.25, -0.2) is 0 Å². The Balaban J connectivity index is 3.81. The normalized spacial score (nSPS) is 12.4. The Kier molecular flexibility index (Phi) is 4.28. The first-order valence-electron chi connectivity index (χ1n) is 4.89. The Morgan fingerprint density at radius 1 is 1.15 bits per heavy atom. The average molecular weight is 365 g/mol. The predicted octanol–water partition coefficient (Wildman–Crippen LogP) is 4.03. The largest absolute Gasteiger partial charge is 0.419 e. The molecule has 3 nitrogen and oxygen atoms in total. The van der Waals surface area contributed by atoms with Gasteiger partial charge in [0.2, 0.25) is 5.91 Å². The number of alkyl halides is 6. The molecule has 0 unspecified atom stereocenters. The number of carbonyl (C=O) groups is 1. The highest BCUT2D eigenvalue weighted by Crippen LogP contribution is 2.49. The Morgan fingerprint density at radius 3 is 1.95 bits per heavy atom. The third-order valence-electron chi connectivity index (χ3n) is 2.18. The first kappa shape index (κ1) is 16.6. The van der Waals surface area contributed by atoms with Crippen LogP contribution in [0.4, 0.5) is 37.7 Å². The first-order chi connectivity index (χ1) is 8.85. The van der Waals surface area contributed by atoms with Crippen LogP contribution >= 0.6 is 15.9 Å². The van der Waals surface area contributed by atoms with Crippen molar-refractivity contribution in [3.63, 3.8) is 0 Å². The molecular weight excluding hydrogens is 358 g/mol. The number of carbonyl (C=O) groups excluding carboxylic acids is 1. The molecule has 0 atom stereocenters. The van der Waals surface area contributed by atoms with E-state index in [4.69, 9.17) is 5.73 Å². The zero-order valence-electron chi connectivity index (χ0n) is 9.71. The summed E-state index contributed by atoms with van der Waals surface area (Å²) < 4.78 is 76.3. The maximum atomic E-state index is 12.9. The van der Waals surface area contributed by atoms with Crippen molar-refractivity contribution in [2.45, 2.75) is 19.3 Å². The summed E-state index contributed by atoms with van der Waals surface area (Å²) in [6, 6.07) is 0.656. The summed E-state index contributed by atoms with van der Waals surface area (Å²) in [6.45, 7) is 0.856. The van der Waals surface area contributed by atoms with Crippen LogP contribution in [0.25, 0.3) is 0 Å². The van der Waals surface area contributed by atoms with Gasteiger partial charge in [0.05, 0.1) is 22.5 Å². The van der Waals surface area contributed by atoms with E-state index in [1.807, 2.05) is 0 Å². The molecular formula is C10H7BrF6N2O. The molecule has 1 aromatic carbocycles. The Hall–Kier alpha value is -1.45. The molecule has 0 bridgehead atoms. The second-order valence-corrected chi connectivity index (χ2v) is 4.60. The molecule has 0 aliphatic carbocycles. The lowest BCUT2D eigenvalue weighted by atomic mass is 10.0. The predicted molar refractivity (Wildman–Crippen MR) is 62.9 cm³/mol. The lowest BCUT2D eigenvalue weighted by Gasteiger charge is -2.22. The van der Waals surface area contributed by atoms with Crippen LogP contribution in [0.5, 0.6) is 0 Å². The third kappa shape index (κ3) is 3.35. The second kappa shape index (κ2) is 5.15. The van der Waals surface area contributed by atoms with Crippen molar-refractivity contribution in [1.29, 1.82) is 0 Å². The summed E-state index contributed by atoms with van der Waals surface area (Å²) in [4.78, 5) is 10.9. The van der Waals surface area contributed by atoms with Crippen LogP contribution in [-0.4, -0.2) is 5.91 Å². The summed E-state index contributed by atoms with van der Waals surface area (Å²) in [6.07, 6.45) is -10.6.